The lowest BCUT2D eigenvalue weighted by Crippen LogP contribution is -2.35. The molecule has 2 heterocycles. The predicted octanol–water partition coefficient (Wildman–Crippen LogP) is 4.17. The molecule has 1 fully saturated rings. The first-order chi connectivity index (χ1) is 13.3. The Morgan fingerprint density at radius 1 is 1.29 bits per heavy atom. The molecule has 0 saturated carbocycles. The molecule has 1 aliphatic heterocycles. The molecule has 1 aromatic heterocycles. The lowest BCUT2D eigenvalue weighted by atomic mass is 9.86. The van der Waals surface area contributed by atoms with E-state index in [1.807, 2.05) is 13.8 Å². The SMILES string of the molecule is Cc1nc(C)c(C(=O)O)c(C)c1CC1CCN(c2ccc(F)cc2C#N)CC1. The fraction of sp³-hybridized carbons (Fsp3) is 0.409. The Morgan fingerprint density at radius 3 is 2.57 bits per heavy atom. The zero-order valence-corrected chi connectivity index (χ0v) is 16.4. The number of rotatable bonds is 4. The number of nitriles is 1. The van der Waals surface area contributed by atoms with Crippen LogP contribution >= 0.6 is 0 Å². The highest BCUT2D eigenvalue weighted by atomic mass is 19.1. The van der Waals surface area contributed by atoms with E-state index in [4.69, 9.17) is 0 Å². The summed E-state index contributed by atoms with van der Waals surface area (Å²) in [6.07, 6.45) is 2.66. The third-order valence-corrected chi connectivity index (χ3v) is 5.70. The Hall–Kier alpha value is -2.94. The summed E-state index contributed by atoms with van der Waals surface area (Å²) in [6.45, 7) is 7.12. The molecule has 146 valence electrons. The molecule has 2 aromatic rings. The first-order valence-electron chi connectivity index (χ1n) is 9.46. The molecular formula is C22H24FN3O2. The predicted molar refractivity (Wildman–Crippen MR) is 105 cm³/mol. The van der Waals surface area contributed by atoms with Gasteiger partial charge in [0.15, 0.2) is 0 Å². The summed E-state index contributed by atoms with van der Waals surface area (Å²) in [5.74, 6) is -0.910. The number of piperidine rings is 1. The molecular weight excluding hydrogens is 357 g/mol. The van der Waals surface area contributed by atoms with E-state index in [9.17, 15) is 19.6 Å². The first-order valence-corrected chi connectivity index (χ1v) is 9.46. The van der Waals surface area contributed by atoms with E-state index in [0.29, 0.717) is 22.7 Å². The van der Waals surface area contributed by atoms with Crippen LogP contribution in [0.3, 0.4) is 0 Å². The molecule has 1 aliphatic rings. The van der Waals surface area contributed by atoms with Crippen molar-refractivity contribution in [2.45, 2.75) is 40.0 Å². The molecule has 0 radical (unpaired) electrons. The number of halogens is 1. The summed E-state index contributed by atoms with van der Waals surface area (Å²) in [5, 5.41) is 18.8. The summed E-state index contributed by atoms with van der Waals surface area (Å²) < 4.78 is 13.4. The van der Waals surface area contributed by atoms with Crippen molar-refractivity contribution in [3.63, 3.8) is 0 Å². The normalized spacial score (nSPS) is 14.8. The van der Waals surface area contributed by atoms with Crippen molar-refractivity contribution < 1.29 is 14.3 Å². The van der Waals surface area contributed by atoms with Crippen LogP contribution in [-0.4, -0.2) is 29.1 Å². The second-order valence-electron chi connectivity index (χ2n) is 7.47. The van der Waals surface area contributed by atoms with Crippen LogP contribution in [0, 0.1) is 43.8 Å². The van der Waals surface area contributed by atoms with Crippen LogP contribution in [-0.2, 0) is 6.42 Å². The fourth-order valence-electron chi connectivity index (χ4n) is 4.22. The Balaban J connectivity index is 1.75. The van der Waals surface area contributed by atoms with Gasteiger partial charge in [0.25, 0.3) is 0 Å². The number of benzene rings is 1. The van der Waals surface area contributed by atoms with E-state index in [-0.39, 0.29) is 0 Å². The van der Waals surface area contributed by atoms with Crippen molar-refractivity contribution in [2.75, 3.05) is 18.0 Å². The minimum absolute atomic E-state index is 0.308. The lowest BCUT2D eigenvalue weighted by molar-refractivity contribution is 0.0694. The average molecular weight is 381 g/mol. The molecule has 0 unspecified atom stereocenters. The smallest absolute Gasteiger partial charge is 0.337 e. The number of anilines is 1. The van der Waals surface area contributed by atoms with Crippen LogP contribution in [0.4, 0.5) is 10.1 Å². The van der Waals surface area contributed by atoms with E-state index in [1.165, 1.54) is 12.1 Å². The fourth-order valence-corrected chi connectivity index (χ4v) is 4.22. The number of aromatic nitrogens is 1. The molecule has 1 saturated heterocycles. The third-order valence-electron chi connectivity index (χ3n) is 5.70. The molecule has 0 spiro atoms. The molecule has 0 aliphatic carbocycles. The van der Waals surface area contributed by atoms with Gasteiger partial charge >= 0.3 is 5.97 Å². The number of carbonyl (C=O) groups is 1. The third kappa shape index (κ3) is 3.84. The Morgan fingerprint density at radius 2 is 1.96 bits per heavy atom. The minimum atomic E-state index is -0.932. The maximum absolute atomic E-state index is 13.4. The van der Waals surface area contributed by atoms with Crippen molar-refractivity contribution in [3.05, 3.63) is 57.7 Å². The van der Waals surface area contributed by atoms with Gasteiger partial charge in [0.2, 0.25) is 0 Å². The van der Waals surface area contributed by atoms with Gasteiger partial charge in [-0.3, -0.25) is 4.98 Å². The van der Waals surface area contributed by atoms with Crippen LogP contribution in [0.5, 0.6) is 0 Å². The minimum Gasteiger partial charge on any atom is -0.478 e. The van der Waals surface area contributed by atoms with Gasteiger partial charge in [-0.1, -0.05) is 0 Å². The topological polar surface area (TPSA) is 77.2 Å². The van der Waals surface area contributed by atoms with Gasteiger partial charge in [-0.15, -0.1) is 0 Å². The number of pyridine rings is 1. The molecule has 0 atom stereocenters. The highest BCUT2D eigenvalue weighted by molar-refractivity contribution is 5.91. The zero-order chi connectivity index (χ0) is 20.4. The Labute approximate surface area is 164 Å². The molecule has 1 aromatic carbocycles. The van der Waals surface area contributed by atoms with E-state index in [1.54, 1.807) is 13.0 Å². The summed E-state index contributed by atoms with van der Waals surface area (Å²) >= 11 is 0. The molecule has 0 bridgehead atoms. The van der Waals surface area contributed by atoms with Crippen molar-refractivity contribution >= 4 is 11.7 Å². The van der Waals surface area contributed by atoms with Crippen LogP contribution in [0.25, 0.3) is 0 Å². The Kier molecular flexibility index (Phi) is 5.64. The van der Waals surface area contributed by atoms with E-state index in [0.717, 1.165) is 54.9 Å². The number of hydrogen-bond acceptors (Lipinski definition) is 4. The van der Waals surface area contributed by atoms with Gasteiger partial charge in [0, 0.05) is 18.8 Å². The number of carboxylic acids is 1. The van der Waals surface area contributed by atoms with Crippen molar-refractivity contribution in [1.82, 2.24) is 4.98 Å². The summed E-state index contributed by atoms with van der Waals surface area (Å²) in [7, 11) is 0. The van der Waals surface area contributed by atoms with Gasteiger partial charge in [0.1, 0.15) is 11.9 Å². The summed E-state index contributed by atoms with van der Waals surface area (Å²) in [5.41, 5.74) is 4.74. The lowest BCUT2D eigenvalue weighted by Gasteiger charge is -2.34. The van der Waals surface area contributed by atoms with Crippen LogP contribution in [0.1, 0.15) is 51.3 Å². The molecule has 0 amide bonds. The van der Waals surface area contributed by atoms with Gasteiger partial charge in [0.05, 0.1) is 22.5 Å². The van der Waals surface area contributed by atoms with Gasteiger partial charge in [-0.2, -0.15) is 5.26 Å². The van der Waals surface area contributed by atoms with Gasteiger partial charge < -0.3 is 10.0 Å². The average Bonchev–Trinajstić information content (AvgIpc) is 2.65. The molecule has 5 nitrogen and oxygen atoms in total. The number of aryl methyl sites for hydroxylation is 2. The largest absolute Gasteiger partial charge is 0.478 e. The molecule has 28 heavy (non-hydrogen) atoms. The zero-order valence-electron chi connectivity index (χ0n) is 16.4. The highest BCUT2D eigenvalue weighted by Gasteiger charge is 2.25. The van der Waals surface area contributed by atoms with Gasteiger partial charge in [-0.05, 0) is 75.3 Å². The monoisotopic (exact) mass is 381 g/mol. The standard InChI is InChI=1S/C22H24FN3O2/c1-13-19(14(2)25-15(3)21(13)22(27)28)10-16-6-8-26(9-7-16)20-5-4-18(23)11-17(20)12-24/h4-5,11,16H,6-10H2,1-3H3,(H,27,28). The highest BCUT2D eigenvalue weighted by Crippen LogP contribution is 2.30. The van der Waals surface area contributed by atoms with E-state index >= 15 is 0 Å². The van der Waals surface area contributed by atoms with Crippen LogP contribution in [0.2, 0.25) is 0 Å². The van der Waals surface area contributed by atoms with Crippen molar-refractivity contribution in [1.29, 1.82) is 5.26 Å². The van der Waals surface area contributed by atoms with Gasteiger partial charge in [-0.25, -0.2) is 9.18 Å². The van der Waals surface area contributed by atoms with Crippen LogP contribution < -0.4 is 4.90 Å². The van der Waals surface area contributed by atoms with Crippen LogP contribution in [0.15, 0.2) is 18.2 Å². The maximum Gasteiger partial charge on any atom is 0.337 e. The quantitative estimate of drug-likeness (QED) is 0.860. The molecule has 6 heteroatoms. The van der Waals surface area contributed by atoms with Crippen molar-refractivity contribution in [3.8, 4) is 6.07 Å². The second kappa shape index (κ2) is 7.97. The number of hydrogen-bond donors (Lipinski definition) is 1. The first kappa shape index (κ1) is 19.8. The summed E-state index contributed by atoms with van der Waals surface area (Å²) in [4.78, 5) is 18.2. The molecule has 3 rings (SSSR count). The summed E-state index contributed by atoms with van der Waals surface area (Å²) in [6, 6.07) is 6.41. The van der Waals surface area contributed by atoms with E-state index < -0.39 is 11.8 Å². The molecule has 1 N–H and O–H groups in total. The number of nitrogens with zero attached hydrogens (tertiary/aromatic N) is 3. The van der Waals surface area contributed by atoms with E-state index in [2.05, 4.69) is 16.0 Å². The second-order valence-corrected chi connectivity index (χ2v) is 7.47. The Bertz CT molecular complexity index is 957. The van der Waals surface area contributed by atoms with Crippen molar-refractivity contribution in [2.24, 2.45) is 5.92 Å². The number of aromatic carboxylic acids is 1. The maximum atomic E-state index is 13.4. The number of carboxylic acid groups (broad SMARTS) is 1.